The molecule has 0 saturated carbocycles. The molecule has 5 atom stereocenters. The van der Waals surface area contributed by atoms with E-state index >= 15 is 0 Å². The van der Waals surface area contributed by atoms with Gasteiger partial charge in [-0.2, -0.15) is 0 Å². The molecule has 3 heterocycles. The fourth-order valence-corrected chi connectivity index (χ4v) is 4.66. The van der Waals surface area contributed by atoms with Crippen molar-refractivity contribution in [2.24, 2.45) is 0 Å². The zero-order valence-corrected chi connectivity index (χ0v) is 6.77. The minimum absolute atomic E-state index is 0.422. The van der Waals surface area contributed by atoms with E-state index in [2.05, 4.69) is 4.52 Å². The summed E-state index contributed by atoms with van der Waals surface area (Å²) < 4.78 is 20.8. The molecule has 1 spiro atoms. The summed E-state index contributed by atoms with van der Waals surface area (Å²) in [6.45, 7) is -0.422. The molecule has 0 bridgehead atoms. The minimum Gasteiger partial charge on any atom is -0.394 e. The first-order chi connectivity index (χ1) is 5.53. The third kappa shape index (κ3) is 0.386. The predicted octanol–water partition coefficient (Wildman–Crippen LogP) is -1.60. The number of hydrogen-bond donors (Lipinski definition) is 3. The van der Waals surface area contributed by atoms with Gasteiger partial charge in [0.2, 0.25) is 5.34 Å². The monoisotopic (exact) mass is 194 g/mol. The third-order valence-corrected chi connectivity index (χ3v) is 5.62. The van der Waals surface area contributed by atoms with Crippen molar-refractivity contribution in [1.29, 1.82) is 0 Å². The molecule has 0 aliphatic carbocycles. The standard InChI is InChI=1S/C5H7O6P/c6-1-2-3(7)4(8)5(10-2)11-12(4,5)9/h2-3,6-8H,1H2/t2-,3-,4+,5?,12?/m1/s1. The summed E-state index contributed by atoms with van der Waals surface area (Å²) in [4.78, 5) is 0. The van der Waals surface area contributed by atoms with E-state index in [0.29, 0.717) is 0 Å². The number of aliphatic hydroxyl groups is 3. The lowest BCUT2D eigenvalue weighted by atomic mass is 10.1. The van der Waals surface area contributed by atoms with Gasteiger partial charge in [0.05, 0.1) is 6.61 Å². The molecule has 6 nitrogen and oxygen atoms in total. The molecular formula is C5H7O6P. The molecule has 3 rings (SSSR count). The number of aliphatic hydroxyl groups excluding tert-OH is 2. The van der Waals surface area contributed by atoms with Crippen molar-refractivity contribution in [3.8, 4) is 0 Å². The Morgan fingerprint density at radius 3 is 2.58 bits per heavy atom. The van der Waals surface area contributed by atoms with E-state index < -0.39 is 37.1 Å². The second kappa shape index (κ2) is 1.52. The van der Waals surface area contributed by atoms with Crippen molar-refractivity contribution in [2.75, 3.05) is 6.61 Å². The number of ether oxygens (including phenoxy) is 1. The first-order valence-corrected chi connectivity index (χ1v) is 5.16. The Bertz CT molecular complexity index is 317. The summed E-state index contributed by atoms with van der Waals surface area (Å²) in [6, 6.07) is 0. The molecule has 3 N–H and O–H groups in total. The van der Waals surface area contributed by atoms with Crippen LogP contribution >= 0.6 is 7.37 Å². The Morgan fingerprint density at radius 2 is 2.25 bits per heavy atom. The molecule has 3 aliphatic rings. The van der Waals surface area contributed by atoms with E-state index in [0.717, 1.165) is 0 Å². The Hall–Kier alpha value is 0.0300. The molecule has 3 saturated heterocycles. The normalized spacial score (nSPS) is 71.9. The Labute approximate surface area is 67.2 Å². The molecule has 2 unspecified atom stereocenters. The summed E-state index contributed by atoms with van der Waals surface area (Å²) in [5, 5.41) is 25.8. The molecule has 68 valence electrons. The summed E-state index contributed by atoms with van der Waals surface area (Å²) >= 11 is 0. The zero-order chi connectivity index (χ0) is 8.78. The smallest absolute Gasteiger partial charge is 0.307 e. The molecule has 3 fully saturated rings. The predicted molar refractivity (Wildman–Crippen MR) is 34.3 cm³/mol. The summed E-state index contributed by atoms with van der Waals surface area (Å²) in [7, 11) is -3.10. The third-order valence-electron chi connectivity index (χ3n) is 2.73. The largest absolute Gasteiger partial charge is 0.394 e. The van der Waals surface area contributed by atoms with E-state index in [-0.39, 0.29) is 0 Å². The van der Waals surface area contributed by atoms with E-state index in [1.807, 2.05) is 0 Å². The molecule has 0 aromatic heterocycles. The van der Waals surface area contributed by atoms with Crippen LogP contribution in [0, 0.1) is 0 Å². The molecular weight excluding hydrogens is 187 g/mol. The highest BCUT2D eigenvalue weighted by Crippen LogP contribution is 3.08. The minimum atomic E-state index is -3.10. The number of fused-ring (bicyclic) bond motifs is 1. The molecule has 7 heteroatoms. The number of hydrogen-bond acceptors (Lipinski definition) is 6. The maximum atomic E-state index is 11.3. The number of rotatable bonds is 1. The molecule has 0 aromatic rings. The van der Waals surface area contributed by atoms with Crippen LogP contribution < -0.4 is 0 Å². The van der Waals surface area contributed by atoms with Crippen molar-refractivity contribution in [3.05, 3.63) is 0 Å². The van der Waals surface area contributed by atoms with Crippen molar-refractivity contribution in [2.45, 2.75) is 23.1 Å². The molecule has 0 aromatic carbocycles. The van der Waals surface area contributed by atoms with Gasteiger partial charge >= 0.3 is 7.37 Å². The SMILES string of the molecule is O=P12OC13O[C@H](CO)[C@@H](O)[C@@]32O. The van der Waals surface area contributed by atoms with Crippen molar-refractivity contribution < 1.29 is 29.1 Å². The maximum Gasteiger partial charge on any atom is 0.307 e. The van der Waals surface area contributed by atoms with Crippen LogP contribution in [0.3, 0.4) is 0 Å². The molecule has 3 aliphatic heterocycles. The van der Waals surface area contributed by atoms with Gasteiger partial charge in [-0.05, 0) is 0 Å². The van der Waals surface area contributed by atoms with Crippen LogP contribution in [0.1, 0.15) is 0 Å². The zero-order valence-electron chi connectivity index (χ0n) is 5.88. The lowest BCUT2D eigenvalue weighted by Gasteiger charge is -2.16. The molecule has 0 radical (unpaired) electrons. The van der Waals surface area contributed by atoms with Crippen molar-refractivity contribution in [3.63, 3.8) is 0 Å². The Balaban J connectivity index is 2.00. The van der Waals surface area contributed by atoms with Gasteiger partial charge in [0.1, 0.15) is 12.2 Å². The van der Waals surface area contributed by atoms with Gasteiger partial charge in [-0.1, -0.05) is 0 Å². The van der Waals surface area contributed by atoms with Gasteiger partial charge in [-0.15, -0.1) is 0 Å². The summed E-state index contributed by atoms with van der Waals surface area (Å²) in [6.07, 6.45) is -2.19. The van der Waals surface area contributed by atoms with Gasteiger partial charge in [0, 0.05) is 0 Å². The van der Waals surface area contributed by atoms with Gasteiger partial charge in [-0.3, -0.25) is 9.09 Å². The van der Waals surface area contributed by atoms with E-state index in [1.54, 1.807) is 0 Å². The fraction of sp³-hybridized carbons (Fsp3) is 1.00. The van der Waals surface area contributed by atoms with Gasteiger partial charge in [0.25, 0.3) is 5.53 Å². The lowest BCUT2D eigenvalue weighted by Crippen LogP contribution is -2.38. The van der Waals surface area contributed by atoms with E-state index in [9.17, 15) is 14.8 Å². The molecule has 12 heavy (non-hydrogen) atoms. The first kappa shape index (κ1) is 7.44. The van der Waals surface area contributed by atoms with Crippen LogP contribution in [0.15, 0.2) is 0 Å². The summed E-state index contributed by atoms with van der Waals surface area (Å²) in [5.74, 6) is 0. The van der Waals surface area contributed by atoms with Gasteiger partial charge < -0.3 is 20.1 Å². The van der Waals surface area contributed by atoms with Crippen LogP contribution in [0.4, 0.5) is 0 Å². The van der Waals surface area contributed by atoms with E-state index in [4.69, 9.17) is 9.84 Å². The van der Waals surface area contributed by atoms with Gasteiger partial charge in [0.15, 0.2) is 0 Å². The molecule has 0 amide bonds. The maximum absolute atomic E-state index is 11.3. The fourth-order valence-electron chi connectivity index (χ4n) is 1.86. The highest BCUT2D eigenvalue weighted by atomic mass is 31.2. The average Bonchev–Trinajstić information content (AvgIpc) is 2.75. The second-order valence-electron chi connectivity index (χ2n) is 3.23. The van der Waals surface area contributed by atoms with Crippen molar-refractivity contribution >= 4 is 7.37 Å². The highest BCUT2D eigenvalue weighted by Gasteiger charge is 3.12. The second-order valence-corrected chi connectivity index (χ2v) is 5.79. The van der Waals surface area contributed by atoms with Crippen LogP contribution in [0.25, 0.3) is 0 Å². The summed E-state index contributed by atoms with van der Waals surface area (Å²) in [5.41, 5.74) is -1.45. The van der Waals surface area contributed by atoms with Crippen LogP contribution in [0.2, 0.25) is 0 Å². The average molecular weight is 194 g/mol. The van der Waals surface area contributed by atoms with Crippen LogP contribution in [0.5, 0.6) is 0 Å². The quantitative estimate of drug-likeness (QED) is 0.343. The van der Waals surface area contributed by atoms with Crippen molar-refractivity contribution in [1.82, 2.24) is 0 Å². The van der Waals surface area contributed by atoms with Gasteiger partial charge in [-0.25, -0.2) is 0 Å². The van der Waals surface area contributed by atoms with E-state index in [1.165, 1.54) is 0 Å². The lowest BCUT2D eigenvalue weighted by molar-refractivity contribution is -0.0925. The topological polar surface area (TPSA) is 99.5 Å². The first-order valence-electron chi connectivity index (χ1n) is 3.53. The highest BCUT2D eigenvalue weighted by molar-refractivity contribution is 7.77. The Morgan fingerprint density at radius 1 is 1.58 bits per heavy atom. The van der Waals surface area contributed by atoms with Crippen LogP contribution in [-0.2, 0) is 13.8 Å². The Kier molecular flexibility index (Phi) is 0.941. The van der Waals surface area contributed by atoms with Crippen LogP contribution in [-0.4, -0.2) is 45.0 Å².